The van der Waals surface area contributed by atoms with E-state index in [-0.39, 0.29) is 18.5 Å². The van der Waals surface area contributed by atoms with Crippen molar-refractivity contribution in [3.8, 4) is 0 Å². The highest BCUT2D eigenvalue weighted by atomic mass is 16.5. The second kappa shape index (κ2) is 35.6. The Morgan fingerprint density at radius 2 is 0.909 bits per heavy atom. The number of aliphatic carboxylic acids is 1. The van der Waals surface area contributed by atoms with Crippen molar-refractivity contribution in [2.75, 3.05) is 0 Å². The summed E-state index contributed by atoms with van der Waals surface area (Å²) in [5, 5.41) is 8.80. The van der Waals surface area contributed by atoms with E-state index in [1.54, 1.807) is 0 Å². The van der Waals surface area contributed by atoms with Gasteiger partial charge in [-0.2, -0.15) is 0 Å². The van der Waals surface area contributed by atoms with Gasteiger partial charge in [0, 0.05) is 12.8 Å². The molecule has 0 amide bonds. The van der Waals surface area contributed by atoms with Crippen LogP contribution in [0, 0.1) is 0 Å². The molecule has 4 heteroatoms. The van der Waals surface area contributed by atoms with Crippen molar-refractivity contribution in [2.45, 2.75) is 206 Å². The fourth-order valence-electron chi connectivity index (χ4n) is 5.51. The number of unbranched alkanes of at least 4 members (excludes halogenated alkanes) is 19. The molecular weight excluding hydrogens is 544 g/mol. The average molecular weight is 617 g/mol. The van der Waals surface area contributed by atoms with Crippen LogP contribution in [0.5, 0.6) is 0 Å². The highest BCUT2D eigenvalue weighted by Gasteiger charge is 2.14. The molecule has 0 radical (unpaired) electrons. The molecule has 0 spiro atoms. The third kappa shape index (κ3) is 34.6. The molecule has 0 heterocycles. The minimum absolute atomic E-state index is 0.0199. The zero-order valence-electron chi connectivity index (χ0n) is 29.2. The molecule has 44 heavy (non-hydrogen) atoms. The first-order valence-corrected chi connectivity index (χ1v) is 19.0. The summed E-state index contributed by atoms with van der Waals surface area (Å²) in [6, 6.07) is 0. The maximum atomic E-state index is 12.6. The largest absolute Gasteiger partial charge is 0.481 e. The Balaban J connectivity index is 4.11. The number of carbonyl (C=O) groups is 2. The van der Waals surface area contributed by atoms with Crippen LogP contribution in [0.25, 0.3) is 0 Å². The fraction of sp³-hybridized carbons (Fsp3) is 0.800. The van der Waals surface area contributed by atoms with Crippen molar-refractivity contribution in [1.82, 2.24) is 0 Å². The summed E-state index contributed by atoms with van der Waals surface area (Å²) in [5.41, 5.74) is 0. The highest BCUT2D eigenvalue weighted by molar-refractivity contribution is 5.69. The molecule has 1 N–H and O–H groups in total. The average Bonchev–Trinajstić information content (AvgIpc) is 3.00. The summed E-state index contributed by atoms with van der Waals surface area (Å²) in [5.74, 6) is -0.733. The third-order valence-electron chi connectivity index (χ3n) is 8.33. The van der Waals surface area contributed by atoms with Crippen LogP contribution in [0.3, 0.4) is 0 Å². The van der Waals surface area contributed by atoms with Gasteiger partial charge < -0.3 is 9.84 Å². The smallest absolute Gasteiger partial charge is 0.306 e. The lowest BCUT2D eigenvalue weighted by atomic mass is 10.0. The van der Waals surface area contributed by atoms with Crippen LogP contribution in [0.4, 0.5) is 0 Å². The van der Waals surface area contributed by atoms with Gasteiger partial charge in [-0.25, -0.2) is 0 Å². The molecule has 0 bridgehead atoms. The van der Waals surface area contributed by atoms with E-state index in [4.69, 9.17) is 9.84 Å². The number of carboxylic acid groups (broad SMARTS) is 1. The Morgan fingerprint density at radius 1 is 0.500 bits per heavy atom. The third-order valence-corrected chi connectivity index (χ3v) is 8.33. The Labute approximate surface area is 273 Å². The number of hydrogen-bond acceptors (Lipinski definition) is 3. The van der Waals surface area contributed by atoms with E-state index in [0.717, 1.165) is 83.5 Å². The first-order valence-electron chi connectivity index (χ1n) is 19.0. The molecule has 0 aliphatic heterocycles. The van der Waals surface area contributed by atoms with Crippen LogP contribution in [0.1, 0.15) is 200 Å². The van der Waals surface area contributed by atoms with E-state index >= 15 is 0 Å². The molecule has 0 aliphatic rings. The number of rotatable bonds is 34. The van der Waals surface area contributed by atoms with Crippen molar-refractivity contribution in [1.29, 1.82) is 0 Å². The maximum Gasteiger partial charge on any atom is 0.306 e. The molecule has 0 saturated carbocycles. The second-order valence-corrected chi connectivity index (χ2v) is 12.8. The van der Waals surface area contributed by atoms with Gasteiger partial charge in [0.1, 0.15) is 6.10 Å². The Kier molecular flexibility index (Phi) is 34.1. The summed E-state index contributed by atoms with van der Waals surface area (Å²) in [6.45, 7) is 4.51. The van der Waals surface area contributed by atoms with E-state index in [1.807, 2.05) is 0 Å². The fourth-order valence-corrected chi connectivity index (χ4v) is 5.51. The van der Waals surface area contributed by atoms with Crippen molar-refractivity contribution in [2.24, 2.45) is 0 Å². The van der Waals surface area contributed by atoms with Gasteiger partial charge >= 0.3 is 11.9 Å². The van der Waals surface area contributed by atoms with Gasteiger partial charge in [0.25, 0.3) is 0 Å². The molecular formula is C40H72O4. The van der Waals surface area contributed by atoms with Crippen LogP contribution >= 0.6 is 0 Å². The number of esters is 1. The van der Waals surface area contributed by atoms with E-state index in [2.05, 4.69) is 50.3 Å². The SMILES string of the molecule is CCCCC/C=C\C/C=C\CCCCCCCC(=O)OC(CCC/C=C\CCCCCCCC)CCCCCCCC(=O)O. The molecule has 0 saturated heterocycles. The number of ether oxygens (including phenoxy) is 1. The molecule has 1 atom stereocenters. The van der Waals surface area contributed by atoms with Crippen LogP contribution in [0.15, 0.2) is 36.5 Å². The predicted molar refractivity (Wildman–Crippen MR) is 190 cm³/mol. The molecule has 0 aromatic heterocycles. The highest BCUT2D eigenvalue weighted by Crippen LogP contribution is 2.18. The van der Waals surface area contributed by atoms with Crippen molar-refractivity contribution < 1.29 is 19.4 Å². The minimum Gasteiger partial charge on any atom is -0.481 e. The van der Waals surface area contributed by atoms with Gasteiger partial charge in [-0.1, -0.05) is 134 Å². The lowest BCUT2D eigenvalue weighted by Gasteiger charge is -2.18. The first-order chi connectivity index (χ1) is 21.6. The summed E-state index contributed by atoms with van der Waals surface area (Å²) >= 11 is 0. The van der Waals surface area contributed by atoms with Crippen molar-refractivity contribution >= 4 is 11.9 Å². The van der Waals surface area contributed by atoms with E-state index in [1.165, 1.54) is 89.9 Å². The summed E-state index contributed by atoms with van der Waals surface area (Å²) < 4.78 is 5.97. The predicted octanol–water partition coefficient (Wildman–Crippen LogP) is 13.0. The second-order valence-electron chi connectivity index (χ2n) is 12.8. The zero-order valence-corrected chi connectivity index (χ0v) is 29.2. The zero-order chi connectivity index (χ0) is 32.2. The van der Waals surface area contributed by atoms with Gasteiger partial charge in [-0.3, -0.25) is 9.59 Å². The van der Waals surface area contributed by atoms with Gasteiger partial charge in [0.05, 0.1) is 0 Å². The molecule has 0 aromatic carbocycles. The Hall–Kier alpha value is -1.84. The maximum absolute atomic E-state index is 12.6. The van der Waals surface area contributed by atoms with Gasteiger partial charge in [0.2, 0.25) is 0 Å². The van der Waals surface area contributed by atoms with Gasteiger partial charge in [-0.15, -0.1) is 0 Å². The molecule has 1 unspecified atom stereocenters. The van der Waals surface area contributed by atoms with Crippen LogP contribution in [-0.2, 0) is 14.3 Å². The molecule has 0 aromatic rings. The quantitative estimate of drug-likeness (QED) is 0.0444. The topological polar surface area (TPSA) is 63.6 Å². The Bertz CT molecular complexity index is 708. The number of allylic oxidation sites excluding steroid dienone is 6. The molecule has 4 nitrogen and oxygen atoms in total. The van der Waals surface area contributed by atoms with Gasteiger partial charge in [-0.05, 0) is 89.9 Å². The molecule has 0 rings (SSSR count). The molecule has 256 valence electrons. The van der Waals surface area contributed by atoms with E-state index in [0.29, 0.717) is 6.42 Å². The number of carboxylic acids is 1. The van der Waals surface area contributed by atoms with E-state index < -0.39 is 5.97 Å². The normalized spacial score (nSPS) is 12.6. The van der Waals surface area contributed by atoms with E-state index in [9.17, 15) is 9.59 Å². The van der Waals surface area contributed by atoms with Crippen molar-refractivity contribution in [3.05, 3.63) is 36.5 Å². The molecule has 0 fully saturated rings. The summed E-state index contributed by atoms with van der Waals surface area (Å²) in [7, 11) is 0. The lowest BCUT2D eigenvalue weighted by molar-refractivity contribution is -0.150. The van der Waals surface area contributed by atoms with Crippen LogP contribution in [0.2, 0.25) is 0 Å². The standard InChI is InChI=1S/C40H72O4/c1-3-5-7-9-11-13-15-16-17-18-20-22-24-29-33-37-40(43)44-38(35-31-27-25-28-32-36-39(41)42)34-30-26-23-21-19-14-12-10-8-6-4-2/h11,13,16-17,21,23,38H,3-10,12,14-15,18-20,22,24-37H2,1-2H3,(H,41,42)/b13-11-,17-16-,23-21-. The Morgan fingerprint density at radius 3 is 1.50 bits per heavy atom. The minimum atomic E-state index is -0.706. The van der Waals surface area contributed by atoms with Crippen molar-refractivity contribution in [3.63, 3.8) is 0 Å². The molecule has 0 aliphatic carbocycles. The van der Waals surface area contributed by atoms with Gasteiger partial charge in [0.15, 0.2) is 0 Å². The monoisotopic (exact) mass is 617 g/mol. The van der Waals surface area contributed by atoms with Crippen LogP contribution in [-0.4, -0.2) is 23.1 Å². The summed E-state index contributed by atoms with van der Waals surface area (Å²) in [4.78, 5) is 23.3. The lowest BCUT2D eigenvalue weighted by Crippen LogP contribution is -2.18. The van der Waals surface area contributed by atoms with Crippen LogP contribution < -0.4 is 0 Å². The first kappa shape index (κ1) is 42.2. The summed E-state index contributed by atoms with van der Waals surface area (Å²) in [6.07, 6.45) is 45.8. The number of carbonyl (C=O) groups excluding carboxylic acids is 1. The number of hydrogen-bond donors (Lipinski definition) is 1.